The fourth-order valence-corrected chi connectivity index (χ4v) is 2.27. The molecule has 0 saturated carbocycles. The fourth-order valence-electron chi connectivity index (χ4n) is 2.27. The summed E-state index contributed by atoms with van der Waals surface area (Å²) in [7, 11) is 0. The molecule has 0 radical (unpaired) electrons. The molecule has 2 rings (SSSR count). The van der Waals surface area contributed by atoms with Crippen LogP contribution in [0.2, 0.25) is 0 Å². The number of nitrogens with zero attached hydrogens (tertiary/aromatic N) is 1. The zero-order chi connectivity index (χ0) is 13.7. The second kappa shape index (κ2) is 6.68. The van der Waals surface area contributed by atoms with Gasteiger partial charge in [0.15, 0.2) is 0 Å². The lowest BCUT2D eigenvalue weighted by molar-refractivity contribution is -0.115. The Morgan fingerprint density at radius 3 is 2.53 bits per heavy atom. The number of ether oxygens (including phenoxy) is 1. The van der Waals surface area contributed by atoms with Crippen molar-refractivity contribution in [3.8, 4) is 0 Å². The lowest BCUT2D eigenvalue weighted by atomic mass is 10.1. The highest BCUT2D eigenvalue weighted by molar-refractivity contribution is 5.90. The number of rotatable bonds is 4. The van der Waals surface area contributed by atoms with E-state index in [2.05, 4.69) is 29.3 Å². The predicted octanol–water partition coefficient (Wildman–Crippen LogP) is 2.43. The summed E-state index contributed by atoms with van der Waals surface area (Å²) in [4.78, 5) is 13.7. The summed E-state index contributed by atoms with van der Waals surface area (Å²) in [5.41, 5.74) is 2.14. The number of hydrogen-bond acceptors (Lipinski definition) is 3. The lowest BCUT2D eigenvalue weighted by Gasteiger charge is -2.32. The average molecular weight is 262 g/mol. The zero-order valence-electron chi connectivity index (χ0n) is 11.7. The van der Waals surface area contributed by atoms with E-state index >= 15 is 0 Å². The number of carbonyl (C=O) groups excluding carboxylic acids is 1. The first-order chi connectivity index (χ1) is 9.20. The zero-order valence-corrected chi connectivity index (χ0v) is 11.7. The summed E-state index contributed by atoms with van der Waals surface area (Å²) >= 11 is 0. The predicted molar refractivity (Wildman–Crippen MR) is 76.2 cm³/mol. The molecule has 1 aliphatic rings. The Morgan fingerprint density at radius 2 is 1.95 bits per heavy atom. The van der Waals surface area contributed by atoms with Crippen LogP contribution in [0.3, 0.4) is 0 Å². The molecule has 1 aromatic carbocycles. The van der Waals surface area contributed by atoms with E-state index in [1.165, 1.54) is 5.56 Å². The molecular formula is C15H22N2O2. The normalized spacial score (nSPS) is 18.0. The Labute approximate surface area is 114 Å². The van der Waals surface area contributed by atoms with Crippen molar-refractivity contribution in [3.05, 3.63) is 29.8 Å². The Balaban J connectivity index is 1.98. The van der Waals surface area contributed by atoms with Gasteiger partial charge in [0.05, 0.1) is 13.2 Å². The second-order valence-corrected chi connectivity index (χ2v) is 4.85. The van der Waals surface area contributed by atoms with Gasteiger partial charge in [-0.05, 0) is 24.6 Å². The fraction of sp³-hybridized carbons (Fsp3) is 0.533. The quantitative estimate of drug-likeness (QED) is 0.906. The van der Waals surface area contributed by atoms with E-state index in [4.69, 9.17) is 4.74 Å². The van der Waals surface area contributed by atoms with Gasteiger partial charge < -0.3 is 10.1 Å². The Morgan fingerprint density at radius 1 is 1.32 bits per heavy atom. The van der Waals surface area contributed by atoms with Crippen molar-refractivity contribution in [1.82, 2.24) is 4.90 Å². The van der Waals surface area contributed by atoms with Crippen LogP contribution in [0.1, 0.15) is 31.9 Å². The summed E-state index contributed by atoms with van der Waals surface area (Å²) in [6, 6.07) is 8.51. The summed E-state index contributed by atoms with van der Waals surface area (Å²) in [5, 5.41) is 2.86. The smallest absolute Gasteiger partial charge is 0.224 e. The van der Waals surface area contributed by atoms with Crippen LogP contribution in [0.4, 0.5) is 5.69 Å². The van der Waals surface area contributed by atoms with E-state index in [-0.39, 0.29) is 5.91 Å². The van der Waals surface area contributed by atoms with Crippen molar-refractivity contribution in [1.29, 1.82) is 0 Å². The van der Waals surface area contributed by atoms with E-state index < -0.39 is 0 Å². The molecule has 1 aliphatic heterocycles. The van der Waals surface area contributed by atoms with Gasteiger partial charge in [0.1, 0.15) is 0 Å². The molecule has 19 heavy (non-hydrogen) atoms. The number of nitrogens with one attached hydrogen (secondary N) is 1. The third kappa shape index (κ3) is 3.78. The van der Waals surface area contributed by atoms with E-state index in [1.54, 1.807) is 0 Å². The van der Waals surface area contributed by atoms with Crippen molar-refractivity contribution in [2.24, 2.45) is 0 Å². The highest BCUT2D eigenvalue weighted by Crippen LogP contribution is 2.22. The summed E-state index contributed by atoms with van der Waals surface area (Å²) < 4.78 is 5.37. The van der Waals surface area contributed by atoms with Gasteiger partial charge in [0.25, 0.3) is 0 Å². The molecule has 1 atom stereocenters. The molecule has 0 bridgehead atoms. The Hall–Kier alpha value is -1.39. The van der Waals surface area contributed by atoms with Crippen molar-refractivity contribution in [2.45, 2.75) is 26.3 Å². The van der Waals surface area contributed by atoms with Gasteiger partial charge in [-0.2, -0.15) is 0 Å². The SMILES string of the molecule is CCC(=O)Nc1ccc(C(C)N2CCOCC2)cc1. The van der Waals surface area contributed by atoms with E-state index in [1.807, 2.05) is 19.1 Å². The number of morpholine rings is 1. The van der Waals surface area contributed by atoms with Crippen molar-refractivity contribution >= 4 is 11.6 Å². The number of benzene rings is 1. The van der Waals surface area contributed by atoms with Crippen LogP contribution >= 0.6 is 0 Å². The lowest BCUT2D eigenvalue weighted by Crippen LogP contribution is -2.37. The van der Waals surface area contributed by atoms with Crippen LogP contribution in [0.5, 0.6) is 0 Å². The van der Waals surface area contributed by atoms with Crippen molar-refractivity contribution in [3.63, 3.8) is 0 Å². The third-order valence-corrected chi connectivity index (χ3v) is 3.59. The molecule has 1 heterocycles. The minimum Gasteiger partial charge on any atom is -0.379 e. The second-order valence-electron chi connectivity index (χ2n) is 4.85. The van der Waals surface area contributed by atoms with Gasteiger partial charge >= 0.3 is 0 Å². The Bertz CT molecular complexity index is 411. The molecule has 0 aliphatic carbocycles. The molecule has 1 N–H and O–H groups in total. The van der Waals surface area contributed by atoms with Gasteiger partial charge in [-0.3, -0.25) is 9.69 Å². The van der Waals surface area contributed by atoms with Crippen molar-refractivity contribution in [2.75, 3.05) is 31.6 Å². The molecule has 1 aromatic rings. The molecule has 1 amide bonds. The maximum absolute atomic E-state index is 11.3. The molecule has 0 spiro atoms. The van der Waals surface area contributed by atoms with Gasteiger partial charge in [-0.1, -0.05) is 19.1 Å². The maximum atomic E-state index is 11.3. The first-order valence-electron chi connectivity index (χ1n) is 6.92. The number of anilines is 1. The average Bonchev–Trinajstić information content (AvgIpc) is 2.48. The van der Waals surface area contributed by atoms with E-state index in [0.29, 0.717) is 12.5 Å². The van der Waals surface area contributed by atoms with Gasteiger partial charge in [0, 0.05) is 31.2 Å². The first kappa shape index (κ1) is 14.0. The highest BCUT2D eigenvalue weighted by Gasteiger charge is 2.18. The standard InChI is InChI=1S/C15H22N2O2/c1-3-15(18)16-14-6-4-13(5-7-14)12(2)17-8-10-19-11-9-17/h4-7,12H,3,8-11H2,1-2H3,(H,16,18). The maximum Gasteiger partial charge on any atom is 0.224 e. The number of carbonyl (C=O) groups is 1. The topological polar surface area (TPSA) is 41.6 Å². The van der Waals surface area contributed by atoms with Crippen LogP contribution in [0.15, 0.2) is 24.3 Å². The van der Waals surface area contributed by atoms with Crippen LogP contribution in [0.25, 0.3) is 0 Å². The van der Waals surface area contributed by atoms with Gasteiger partial charge in [0.2, 0.25) is 5.91 Å². The van der Waals surface area contributed by atoms with Crippen LogP contribution in [0, 0.1) is 0 Å². The Kier molecular flexibility index (Phi) is 4.93. The highest BCUT2D eigenvalue weighted by atomic mass is 16.5. The minimum atomic E-state index is 0.0500. The summed E-state index contributed by atoms with van der Waals surface area (Å²) in [6.45, 7) is 7.66. The van der Waals surface area contributed by atoms with E-state index in [9.17, 15) is 4.79 Å². The van der Waals surface area contributed by atoms with Crippen molar-refractivity contribution < 1.29 is 9.53 Å². The first-order valence-corrected chi connectivity index (χ1v) is 6.92. The van der Waals surface area contributed by atoms with Crippen LogP contribution in [-0.4, -0.2) is 37.1 Å². The summed E-state index contributed by atoms with van der Waals surface area (Å²) in [5.74, 6) is 0.0500. The molecule has 104 valence electrons. The van der Waals surface area contributed by atoms with Gasteiger partial charge in [-0.15, -0.1) is 0 Å². The number of amides is 1. The molecule has 4 nitrogen and oxygen atoms in total. The molecule has 4 heteroatoms. The monoisotopic (exact) mass is 262 g/mol. The third-order valence-electron chi connectivity index (χ3n) is 3.59. The largest absolute Gasteiger partial charge is 0.379 e. The van der Waals surface area contributed by atoms with Crippen LogP contribution in [-0.2, 0) is 9.53 Å². The molecule has 1 fully saturated rings. The van der Waals surface area contributed by atoms with E-state index in [0.717, 1.165) is 32.0 Å². The molecule has 0 aromatic heterocycles. The number of hydrogen-bond donors (Lipinski definition) is 1. The summed E-state index contributed by atoms with van der Waals surface area (Å²) in [6.07, 6.45) is 0.506. The molecule has 1 saturated heterocycles. The molecular weight excluding hydrogens is 240 g/mol. The van der Waals surface area contributed by atoms with Crippen LogP contribution < -0.4 is 5.32 Å². The molecule has 1 unspecified atom stereocenters. The van der Waals surface area contributed by atoms with Gasteiger partial charge in [-0.25, -0.2) is 0 Å². The minimum absolute atomic E-state index is 0.0500.